The van der Waals surface area contributed by atoms with Crippen molar-refractivity contribution < 1.29 is 4.79 Å². The van der Waals surface area contributed by atoms with Gasteiger partial charge in [-0.25, -0.2) is 0 Å². The van der Waals surface area contributed by atoms with Crippen molar-refractivity contribution in [2.45, 2.75) is 63.3 Å². The van der Waals surface area contributed by atoms with Gasteiger partial charge in [-0.1, -0.05) is 19.8 Å². The first-order chi connectivity index (χ1) is 8.74. The summed E-state index contributed by atoms with van der Waals surface area (Å²) < 4.78 is 0. The van der Waals surface area contributed by atoms with Gasteiger partial charge >= 0.3 is 0 Å². The zero-order valence-electron chi connectivity index (χ0n) is 11.2. The molecule has 1 saturated heterocycles. The summed E-state index contributed by atoms with van der Waals surface area (Å²) in [5.74, 6) is 0.251. The number of hydrogen-bond acceptors (Lipinski definition) is 4. The Bertz CT molecular complexity index is 364. The van der Waals surface area contributed by atoms with Crippen LogP contribution < -0.4 is 5.43 Å². The van der Waals surface area contributed by atoms with Crippen LogP contribution in [0.2, 0.25) is 0 Å². The third-order valence-corrected chi connectivity index (χ3v) is 4.65. The number of amides is 1. The summed E-state index contributed by atoms with van der Waals surface area (Å²) in [6.07, 6.45) is 7.96. The average Bonchev–Trinajstić information content (AvgIpc) is 3.03. The average molecular weight is 250 g/mol. The van der Waals surface area contributed by atoms with Gasteiger partial charge in [0.2, 0.25) is 5.91 Å². The Hall–Kier alpha value is -1.10. The van der Waals surface area contributed by atoms with Crippen LogP contribution in [0, 0.1) is 0 Å². The van der Waals surface area contributed by atoms with E-state index in [0.717, 1.165) is 6.42 Å². The van der Waals surface area contributed by atoms with Crippen LogP contribution >= 0.6 is 0 Å². The first-order valence-corrected chi connectivity index (χ1v) is 7.07. The largest absolute Gasteiger partial charge is 0.333 e. The molecule has 2 aliphatic heterocycles. The van der Waals surface area contributed by atoms with Crippen molar-refractivity contribution in [2.75, 3.05) is 7.05 Å². The van der Waals surface area contributed by atoms with E-state index in [1.807, 2.05) is 18.2 Å². The summed E-state index contributed by atoms with van der Waals surface area (Å²) >= 11 is 0. The molecule has 0 aromatic heterocycles. The molecule has 1 N–H and O–H groups in total. The van der Waals surface area contributed by atoms with Crippen LogP contribution in [0.25, 0.3) is 0 Å². The number of fused-ring (bicyclic) bond motifs is 1. The van der Waals surface area contributed by atoms with E-state index in [0.29, 0.717) is 6.04 Å². The molecule has 1 aliphatic carbocycles. The predicted octanol–water partition coefficient (Wildman–Crippen LogP) is 0.765. The Labute approximate surface area is 108 Å². The van der Waals surface area contributed by atoms with Gasteiger partial charge in [-0.3, -0.25) is 15.1 Å². The Morgan fingerprint density at radius 1 is 1.44 bits per heavy atom. The summed E-state index contributed by atoms with van der Waals surface area (Å²) in [5, 5.41) is 4.19. The molecule has 0 aromatic carbocycles. The molecular formula is C13H22N4O. The lowest BCUT2D eigenvalue weighted by atomic mass is 9.98. The topological polar surface area (TPSA) is 47.9 Å². The maximum atomic E-state index is 12.5. The normalized spacial score (nSPS) is 37.1. The van der Waals surface area contributed by atoms with Crippen LogP contribution in [-0.2, 0) is 4.79 Å². The summed E-state index contributed by atoms with van der Waals surface area (Å²) in [4.78, 5) is 16.7. The molecule has 0 aromatic rings. The van der Waals surface area contributed by atoms with Gasteiger partial charge in [0, 0.05) is 13.1 Å². The van der Waals surface area contributed by atoms with Gasteiger partial charge in [-0.05, 0) is 19.3 Å². The van der Waals surface area contributed by atoms with Gasteiger partial charge in [0.15, 0.2) is 0 Å². The molecule has 3 rings (SSSR count). The van der Waals surface area contributed by atoms with Crippen molar-refractivity contribution in [3.8, 4) is 0 Å². The van der Waals surface area contributed by atoms with Gasteiger partial charge in [-0.2, -0.15) is 5.10 Å². The number of hydrazone groups is 1. The fraction of sp³-hybridized carbons (Fsp3) is 0.846. The van der Waals surface area contributed by atoms with Crippen LogP contribution in [-0.4, -0.2) is 53.3 Å². The molecule has 0 bridgehead atoms. The Kier molecular flexibility index (Phi) is 3.01. The molecule has 3 atom stereocenters. The number of likely N-dealkylation sites (N-methyl/N-ethyl adjacent to an activating group) is 1. The molecule has 5 nitrogen and oxygen atoms in total. The highest BCUT2D eigenvalue weighted by molar-refractivity contribution is 5.87. The molecule has 2 fully saturated rings. The highest BCUT2D eigenvalue weighted by atomic mass is 16.2. The van der Waals surface area contributed by atoms with Crippen LogP contribution in [0.5, 0.6) is 0 Å². The maximum absolute atomic E-state index is 12.5. The SMILES string of the molecule is CC[C@@H]1C(=O)N(C)C2C=NNC2N1C1CCCC1. The summed E-state index contributed by atoms with van der Waals surface area (Å²) in [6, 6.07) is 0.670. The Morgan fingerprint density at radius 2 is 2.17 bits per heavy atom. The van der Waals surface area contributed by atoms with Crippen LogP contribution in [0.3, 0.4) is 0 Å². The molecule has 3 aliphatic rings. The molecule has 2 unspecified atom stereocenters. The van der Waals surface area contributed by atoms with Crippen molar-refractivity contribution in [3.63, 3.8) is 0 Å². The number of carbonyl (C=O) groups excluding carboxylic acids is 1. The number of carbonyl (C=O) groups is 1. The lowest BCUT2D eigenvalue weighted by molar-refractivity contribution is -0.149. The standard InChI is InChI=1S/C13H22N4O/c1-3-10-13(18)16(2)11-8-14-15-12(11)17(10)9-6-4-5-7-9/h8-12,15H,3-7H2,1-2H3/t10-,11?,12?/m1/s1. The maximum Gasteiger partial charge on any atom is 0.240 e. The van der Waals surface area contributed by atoms with E-state index in [4.69, 9.17) is 0 Å². The van der Waals surface area contributed by atoms with Crippen LogP contribution in [0.4, 0.5) is 0 Å². The fourth-order valence-electron chi connectivity index (χ4n) is 3.68. The lowest BCUT2D eigenvalue weighted by Crippen LogP contribution is -2.69. The monoisotopic (exact) mass is 250 g/mol. The van der Waals surface area contributed by atoms with Gasteiger partial charge in [0.25, 0.3) is 0 Å². The van der Waals surface area contributed by atoms with Crippen molar-refractivity contribution in [2.24, 2.45) is 5.10 Å². The van der Waals surface area contributed by atoms with E-state index in [1.54, 1.807) is 0 Å². The molecule has 1 amide bonds. The second-order valence-corrected chi connectivity index (χ2v) is 5.60. The fourth-order valence-corrected chi connectivity index (χ4v) is 3.68. The van der Waals surface area contributed by atoms with Crippen LogP contribution in [0.15, 0.2) is 5.10 Å². The lowest BCUT2D eigenvalue weighted by Gasteiger charge is -2.48. The number of hydrogen-bond donors (Lipinski definition) is 1. The van der Waals surface area contributed by atoms with E-state index >= 15 is 0 Å². The van der Waals surface area contributed by atoms with Crippen molar-refractivity contribution >= 4 is 12.1 Å². The summed E-state index contributed by atoms with van der Waals surface area (Å²) in [6.45, 7) is 2.11. The Morgan fingerprint density at radius 3 is 2.83 bits per heavy atom. The summed E-state index contributed by atoms with van der Waals surface area (Å²) in [7, 11) is 1.90. The highest BCUT2D eigenvalue weighted by Crippen LogP contribution is 2.32. The molecule has 0 radical (unpaired) electrons. The van der Waals surface area contributed by atoms with E-state index in [9.17, 15) is 4.79 Å². The third kappa shape index (κ3) is 1.64. The Balaban J connectivity index is 1.90. The van der Waals surface area contributed by atoms with Crippen molar-refractivity contribution in [1.82, 2.24) is 15.2 Å². The molecule has 0 spiro atoms. The second-order valence-electron chi connectivity index (χ2n) is 5.60. The van der Waals surface area contributed by atoms with Gasteiger partial charge in [0.1, 0.15) is 12.2 Å². The predicted molar refractivity (Wildman–Crippen MR) is 70.1 cm³/mol. The quantitative estimate of drug-likeness (QED) is 0.787. The highest BCUT2D eigenvalue weighted by Gasteiger charge is 2.48. The zero-order chi connectivity index (χ0) is 12.7. The van der Waals surface area contributed by atoms with Crippen molar-refractivity contribution in [1.29, 1.82) is 0 Å². The van der Waals surface area contributed by atoms with E-state index in [-0.39, 0.29) is 24.2 Å². The number of piperazine rings is 1. The van der Waals surface area contributed by atoms with E-state index < -0.39 is 0 Å². The third-order valence-electron chi connectivity index (χ3n) is 4.65. The molecule has 2 heterocycles. The number of rotatable bonds is 2. The molecule has 5 heteroatoms. The van der Waals surface area contributed by atoms with E-state index in [1.165, 1.54) is 25.7 Å². The summed E-state index contributed by atoms with van der Waals surface area (Å²) in [5.41, 5.74) is 3.20. The van der Waals surface area contributed by atoms with Crippen molar-refractivity contribution in [3.05, 3.63) is 0 Å². The zero-order valence-corrected chi connectivity index (χ0v) is 11.2. The minimum atomic E-state index is 0.0218. The van der Waals surface area contributed by atoms with Gasteiger partial charge in [0.05, 0.1) is 12.3 Å². The number of nitrogens with zero attached hydrogens (tertiary/aromatic N) is 3. The van der Waals surface area contributed by atoms with Crippen LogP contribution in [0.1, 0.15) is 39.0 Å². The molecule has 100 valence electrons. The minimum absolute atomic E-state index is 0.0218. The molecule has 18 heavy (non-hydrogen) atoms. The first-order valence-electron chi connectivity index (χ1n) is 7.07. The van der Waals surface area contributed by atoms with E-state index in [2.05, 4.69) is 22.4 Å². The smallest absolute Gasteiger partial charge is 0.240 e. The van der Waals surface area contributed by atoms with Gasteiger partial charge < -0.3 is 4.90 Å². The second kappa shape index (κ2) is 4.53. The first kappa shape index (κ1) is 12.0. The molecule has 1 saturated carbocycles. The molecular weight excluding hydrogens is 228 g/mol. The van der Waals surface area contributed by atoms with Gasteiger partial charge in [-0.15, -0.1) is 0 Å². The number of nitrogens with one attached hydrogen (secondary N) is 1. The minimum Gasteiger partial charge on any atom is -0.333 e.